The van der Waals surface area contributed by atoms with Crippen molar-refractivity contribution in [3.8, 4) is 5.95 Å². The SMILES string of the molecule is c1ccc2c(c1)ncn2-c1nc(N2CCC2)nc(N2CCOCC2)n1. The van der Waals surface area contributed by atoms with Crippen molar-refractivity contribution < 1.29 is 4.74 Å². The minimum atomic E-state index is 0.618. The summed E-state index contributed by atoms with van der Waals surface area (Å²) in [5.41, 5.74) is 1.93. The topological polar surface area (TPSA) is 72.2 Å². The third-order valence-corrected chi connectivity index (χ3v) is 4.70. The van der Waals surface area contributed by atoms with Crippen molar-refractivity contribution in [2.24, 2.45) is 0 Å². The highest BCUT2D eigenvalue weighted by Gasteiger charge is 2.23. The molecule has 3 aromatic rings. The molecule has 0 radical (unpaired) electrons. The van der Waals surface area contributed by atoms with E-state index in [0.29, 0.717) is 25.1 Å². The summed E-state index contributed by atoms with van der Waals surface area (Å²) in [4.78, 5) is 23.0. The van der Waals surface area contributed by atoms with Gasteiger partial charge in [0.2, 0.25) is 17.8 Å². The molecular formula is C17H19N7O. The van der Waals surface area contributed by atoms with Crippen molar-refractivity contribution in [2.45, 2.75) is 6.42 Å². The molecule has 8 heteroatoms. The van der Waals surface area contributed by atoms with Gasteiger partial charge in [0, 0.05) is 26.2 Å². The van der Waals surface area contributed by atoms with Crippen LogP contribution in [-0.4, -0.2) is 63.9 Å². The fourth-order valence-corrected chi connectivity index (χ4v) is 3.13. The van der Waals surface area contributed by atoms with Gasteiger partial charge < -0.3 is 14.5 Å². The molecule has 1 aromatic carbocycles. The third-order valence-electron chi connectivity index (χ3n) is 4.70. The van der Waals surface area contributed by atoms with Crippen LogP contribution in [0.2, 0.25) is 0 Å². The molecule has 0 N–H and O–H groups in total. The van der Waals surface area contributed by atoms with Gasteiger partial charge in [0.25, 0.3) is 0 Å². The number of hydrogen-bond acceptors (Lipinski definition) is 7. The zero-order chi connectivity index (χ0) is 16.6. The van der Waals surface area contributed by atoms with Crippen LogP contribution in [0.1, 0.15) is 6.42 Å². The second-order valence-corrected chi connectivity index (χ2v) is 6.28. The number of hydrogen-bond donors (Lipinski definition) is 0. The van der Waals surface area contributed by atoms with Gasteiger partial charge in [0.1, 0.15) is 6.33 Å². The van der Waals surface area contributed by atoms with Crippen LogP contribution in [0.5, 0.6) is 0 Å². The number of morpholine rings is 1. The highest BCUT2D eigenvalue weighted by Crippen LogP contribution is 2.23. The van der Waals surface area contributed by atoms with Gasteiger partial charge in [-0.05, 0) is 18.6 Å². The lowest BCUT2D eigenvalue weighted by Crippen LogP contribution is -2.41. The number of benzene rings is 1. The quantitative estimate of drug-likeness (QED) is 0.712. The predicted molar refractivity (Wildman–Crippen MR) is 94.3 cm³/mol. The number of para-hydroxylation sites is 2. The third kappa shape index (κ3) is 2.58. The van der Waals surface area contributed by atoms with Crippen LogP contribution in [0.3, 0.4) is 0 Å². The molecule has 2 fully saturated rings. The Balaban J connectivity index is 1.62. The van der Waals surface area contributed by atoms with E-state index < -0.39 is 0 Å². The van der Waals surface area contributed by atoms with E-state index in [2.05, 4.69) is 14.8 Å². The smallest absolute Gasteiger partial charge is 0.242 e. The van der Waals surface area contributed by atoms with E-state index in [4.69, 9.17) is 19.7 Å². The van der Waals surface area contributed by atoms with Gasteiger partial charge in [-0.1, -0.05) is 12.1 Å². The van der Waals surface area contributed by atoms with Gasteiger partial charge in [-0.15, -0.1) is 0 Å². The maximum atomic E-state index is 5.45. The molecule has 2 aliphatic rings. The molecular weight excluding hydrogens is 318 g/mol. The van der Waals surface area contributed by atoms with Gasteiger partial charge >= 0.3 is 0 Å². The van der Waals surface area contributed by atoms with E-state index in [1.807, 2.05) is 28.8 Å². The van der Waals surface area contributed by atoms with E-state index >= 15 is 0 Å². The average molecular weight is 337 g/mol. The Hall–Kier alpha value is -2.74. The van der Waals surface area contributed by atoms with Crippen molar-refractivity contribution in [1.29, 1.82) is 0 Å². The molecule has 8 nitrogen and oxygen atoms in total. The molecule has 0 saturated carbocycles. The Morgan fingerprint density at radius 3 is 2.20 bits per heavy atom. The maximum absolute atomic E-state index is 5.45. The summed E-state index contributed by atoms with van der Waals surface area (Å²) in [6.07, 6.45) is 2.96. The van der Waals surface area contributed by atoms with Crippen LogP contribution in [0.25, 0.3) is 17.0 Å². The zero-order valence-electron chi connectivity index (χ0n) is 13.9. The Labute approximate surface area is 145 Å². The first kappa shape index (κ1) is 14.6. The van der Waals surface area contributed by atoms with Gasteiger partial charge in [0.15, 0.2) is 0 Å². The number of aromatic nitrogens is 5. The van der Waals surface area contributed by atoms with Gasteiger partial charge in [-0.2, -0.15) is 15.0 Å². The summed E-state index contributed by atoms with van der Waals surface area (Å²) in [7, 11) is 0. The largest absolute Gasteiger partial charge is 0.378 e. The van der Waals surface area contributed by atoms with Crippen LogP contribution in [-0.2, 0) is 4.74 Å². The summed E-state index contributed by atoms with van der Waals surface area (Å²) in [6, 6.07) is 8.01. The molecule has 2 aromatic heterocycles. The normalized spacial score (nSPS) is 17.8. The van der Waals surface area contributed by atoms with Crippen molar-refractivity contribution in [3.05, 3.63) is 30.6 Å². The van der Waals surface area contributed by atoms with Crippen LogP contribution < -0.4 is 9.80 Å². The lowest BCUT2D eigenvalue weighted by molar-refractivity contribution is 0.122. The molecule has 0 bridgehead atoms. The Bertz CT molecular complexity index is 899. The number of ether oxygens (including phenoxy) is 1. The first-order chi connectivity index (χ1) is 12.4. The van der Waals surface area contributed by atoms with Crippen LogP contribution in [0.15, 0.2) is 30.6 Å². The summed E-state index contributed by atoms with van der Waals surface area (Å²) in [6.45, 7) is 5.00. The summed E-state index contributed by atoms with van der Waals surface area (Å²) in [5, 5.41) is 0. The van der Waals surface area contributed by atoms with E-state index in [1.54, 1.807) is 6.33 Å². The number of imidazole rings is 1. The highest BCUT2D eigenvalue weighted by atomic mass is 16.5. The first-order valence-electron chi connectivity index (χ1n) is 8.65. The fraction of sp³-hybridized carbons (Fsp3) is 0.412. The lowest BCUT2D eigenvalue weighted by atomic mass is 10.2. The van der Waals surface area contributed by atoms with Gasteiger partial charge in [-0.3, -0.25) is 4.57 Å². The molecule has 5 rings (SSSR count). The van der Waals surface area contributed by atoms with Crippen LogP contribution in [0.4, 0.5) is 11.9 Å². The Morgan fingerprint density at radius 2 is 1.48 bits per heavy atom. The molecule has 0 aliphatic carbocycles. The standard InChI is InChI=1S/C17H19N7O/c1-2-5-14-13(4-1)18-12-24(14)17-20-15(22-6-3-7-22)19-16(21-17)23-8-10-25-11-9-23/h1-2,4-5,12H,3,6-11H2. The molecule has 25 heavy (non-hydrogen) atoms. The van der Waals surface area contributed by atoms with Gasteiger partial charge in [0.05, 0.1) is 24.2 Å². The predicted octanol–water partition coefficient (Wildman–Crippen LogP) is 1.26. The van der Waals surface area contributed by atoms with Crippen molar-refractivity contribution in [3.63, 3.8) is 0 Å². The number of anilines is 2. The number of rotatable bonds is 3. The molecule has 4 heterocycles. The second kappa shape index (κ2) is 5.96. The van der Waals surface area contributed by atoms with Crippen LogP contribution in [0, 0.1) is 0 Å². The monoisotopic (exact) mass is 337 g/mol. The molecule has 2 saturated heterocycles. The molecule has 0 spiro atoms. The zero-order valence-corrected chi connectivity index (χ0v) is 13.9. The van der Waals surface area contributed by atoms with E-state index in [0.717, 1.165) is 43.2 Å². The fourth-order valence-electron chi connectivity index (χ4n) is 3.13. The minimum absolute atomic E-state index is 0.618. The molecule has 0 unspecified atom stereocenters. The van der Waals surface area contributed by atoms with E-state index in [1.165, 1.54) is 6.42 Å². The minimum Gasteiger partial charge on any atom is -0.378 e. The molecule has 128 valence electrons. The lowest BCUT2D eigenvalue weighted by Gasteiger charge is -2.32. The second-order valence-electron chi connectivity index (χ2n) is 6.28. The number of nitrogens with zero attached hydrogens (tertiary/aromatic N) is 7. The first-order valence-corrected chi connectivity index (χ1v) is 8.65. The highest BCUT2D eigenvalue weighted by molar-refractivity contribution is 5.76. The maximum Gasteiger partial charge on any atom is 0.242 e. The molecule has 0 atom stereocenters. The van der Waals surface area contributed by atoms with Crippen molar-refractivity contribution >= 4 is 22.9 Å². The van der Waals surface area contributed by atoms with Crippen molar-refractivity contribution in [1.82, 2.24) is 24.5 Å². The van der Waals surface area contributed by atoms with Gasteiger partial charge in [-0.25, -0.2) is 4.98 Å². The van der Waals surface area contributed by atoms with Crippen molar-refractivity contribution in [2.75, 3.05) is 49.2 Å². The Morgan fingerprint density at radius 1 is 0.800 bits per heavy atom. The van der Waals surface area contributed by atoms with Crippen LogP contribution >= 0.6 is 0 Å². The number of fused-ring (bicyclic) bond motifs is 1. The summed E-state index contributed by atoms with van der Waals surface area (Å²) < 4.78 is 7.39. The average Bonchev–Trinajstić information content (AvgIpc) is 3.05. The molecule has 2 aliphatic heterocycles. The molecule has 0 amide bonds. The summed E-state index contributed by atoms with van der Waals surface area (Å²) in [5.74, 6) is 2.08. The Kier molecular flexibility index (Phi) is 3.48. The summed E-state index contributed by atoms with van der Waals surface area (Å²) >= 11 is 0. The van der Waals surface area contributed by atoms with E-state index in [9.17, 15) is 0 Å². The van der Waals surface area contributed by atoms with E-state index in [-0.39, 0.29) is 0 Å².